The Balaban J connectivity index is 1.72. The molecule has 0 bridgehead atoms. The molecule has 1 aliphatic rings. The van der Waals surface area contributed by atoms with Crippen LogP contribution in [0.4, 0.5) is 0 Å². The van der Waals surface area contributed by atoms with E-state index in [1.807, 2.05) is 0 Å². The first-order valence-electron chi connectivity index (χ1n) is 4.91. The van der Waals surface area contributed by atoms with Gasteiger partial charge in [-0.15, -0.1) is 0 Å². The molecule has 1 aromatic heterocycles. The molecule has 0 atom stereocenters. The van der Waals surface area contributed by atoms with E-state index in [4.69, 9.17) is 4.74 Å². The SMILES string of the molecule is c1n[nH]nc1COC1CCCCC1. The molecule has 1 aromatic rings. The van der Waals surface area contributed by atoms with E-state index in [0.29, 0.717) is 12.7 Å². The van der Waals surface area contributed by atoms with Crippen LogP contribution in [-0.4, -0.2) is 21.5 Å². The zero-order valence-corrected chi connectivity index (χ0v) is 7.70. The molecule has 0 amide bonds. The van der Waals surface area contributed by atoms with Gasteiger partial charge in [-0.1, -0.05) is 19.3 Å². The summed E-state index contributed by atoms with van der Waals surface area (Å²) in [6, 6.07) is 0. The van der Waals surface area contributed by atoms with Gasteiger partial charge in [0.15, 0.2) is 0 Å². The molecule has 1 saturated carbocycles. The highest BCUT2D eigenvalue weighted by molar-refractivity contribution is 4.87. The van der Waals surface area contributed by atoms with Crippen molar-refractivity contribution < 1.29 is 4.74 Å². The summed E-state index contributed by atoms with van der Waals surface area (Å²) in [6.45, 7) is 0.598. The summed E-state index contributed by atoms with van der Waals surface area (Å²) < 4.78 is 5.70. The minimum Gasteiger partial charge on any atom is -0.372 e. The predicted octanol–water partition coefficient (Wildman–Crippen LogP) is 1.65. The fourth-order valence-corrected chi connectivity index (χ4v) is 1.73. The van der Waals surface area contributed by atoms with Crippen LogP contribution in [0.25, 0.3) is 0 Å². The number of aromatic amines is 1. The molecular formula is C9H15N3O. The van der Waals surface area contributed by atoms with E-state index in [1.54, 1.807) is 6.20 Å². The number of hydrogen-bond donors (Lipinski definition) is 1. The Morgan fingerprint density at radius 2 is 2.23 bits per heavy atom. The number of hydrogen-bond acceptors (Lipinski definition) is 3. The van der Waals surface area contributed by atoms with Crippen LogP contribution in [0.1, 0.15) is 37.8 Å². The molecule has 72 valence electrons. The minimum absolute atomic E-state index is 0.449. The molecule has 0 radical (unpaired) electrons. The maximum atomic E-state index is 5.70. The third kappa shape index (κ3) is 2.52. The average molecular weight is 181 g/mol. The molecule has 13 heavy (non-hydrogen) atoms. The molecule has 0 unspecified atom stereocenters. The highest BCUT2D eigenvalue weighted by Gasteiger charge is 2.13. The number of aromatic nitrogens is 3. The molecule has 4 heteroatoms. The van der Waals surface area contributed by atoms with Crippen LogP contribution in [0, 0.1) is 0 Å². The first-order valence-corrected chi connectivity index (χ1v) is 4.91. The van der Waals surface area contributed by atoms with Crippen LogP contribution in [0.15, 0.2) is 6.20 Å². The second kappa shape index (κ2) is 4.37. The van der Waals surface area contributed by atoms with Gasteiger partial charge in [0, 0.05) is 0 Å². The van der Waals surface area contributed by atoms with Crippen molar-refractivity contribution in [1.82, 2.24) is 15.4 Å². The van der Waals surface area contributed by atoms with E-state index in [1.165, 1.54) is 32.1 Å². The van der Waals surface area contributed by atoms with Crippen LogP contribution < -0.4 is 0 Å². The van der Waals surface area contributed by atoms with E-state index in [0.717, 1.165) is 5.69 Å². The second-order valence-electron chi connectivity index (χ2n) is 3.53. The van der Waals surface area contributed by atoms with Gasteiger partial charge in [0.25, 0.3) is 0 Å². The first kappa shape index (κ1) is 8.69. The molecule has 1 fully saturated rings. The largest absolute Gasteiger partial charge is 0.372 e. The van der Waals surface area contributed by atoms with Crippen molar-refractivity contribution >= 4 is 0 Å². The van der Waals surface area contributed by atoms with Gasteiger partial charge in [-0.05, 0) is 12.8 Å². The van der Waals surface area contributed by atoms with Gasteiger partial charge in [0.05, 0.1) is 18.9 Å². The third-order valence-electron chi connectivity index (χ3n) is 2.48. The summed E-state index contributed by atoms with van der Waals surface area (Å²) in [6.07, 6.45) is 8.56. The van der Waals surface area contributed by atoms with Gasteiger partial charge in [0.1, 0.15) is 5.69 Å². The van der Waals surface area contributed by atoms with Gasteiger partial charge in [-0.3, -0.25) is 0 Å². The summed E-state index contributed by atoms with van der Waals surface area (Å²) >= 11 is 0. The van der Waals surface area contributed by atoms with Gasteiger partial charge >= 0.3 is 0 Å². The molecule has 0 spiro atoms. The Morgan fingerprint density at radius 1 is 1.38 bits per heavy atom. The van der Waals surface area contributed by atoms with Crippen molar-refractivity contribution in [3.8, 4) is 0 Å². The molecule has 4 nitrogen and oxygen atoms in total. The molecule has 0 aliphatic heterocycles. The molecule has 1 aliphatic carbocycles. The lowest BCUT2D eigenvalue weighted by molar-refractivity contribution is 0.0152. The molecule has 2 rings (SSSR count). The molecule has 1 N–H and O–H groups in total. The first-order chi connectivity index (χ1) is 6.45. The van der Waals surface area contributed by atoms with Crippen molar-refractivity contribution in [3.05, 3.63) is 11.9 Å². The van der Waals surface area contributed by atoms with Gasteiger partial charge in [0.2, 0.25) is 0 Å². The van der Waals surface area contributed by atoms with Crippen molar-refractivity contribution in [2.24, 2.45) is 0 Å². The monoisotopic (exact) mass is 181 g/mol. The predicted molar refractivity (Wildman–Crippen MR) is 48.0 cm³/mol. The van der Waals surface area contributed by atoms with Gasteiger partial charge in [-0.25, -0.2) is 0 Å². The molecule has 0 saturated heterocycles. The molecule has 1 heterocycles. The summed E-state index contributed by atoms with van der Waals surface area (Å²) in [7, 11) is 0. The lowest BCUT2D eigenvalue weighted by Gasteiger charge is -2.21. The van der Waals surface area contributed by atoms with Crippen molar-refractivity contribution in [1.29, 1.82) is 0 Å². The minimum atomic E-state index is 0.449. The smallest absolute Gasteiger partial charge is 0.108 e. The number of rotatable bonds is 3. The van der Waals surface area contributed by atoms with Crippen LogP contribution in [-0.2, 0) is 11.3 Å². The quantitative estimate of drug-likeness (QED) is 0.771. The Bertz CT molecular complexity index is 229. The van der Waals surface area contributed by atoms with Crippen molar-refractivity contribution in [2.75, 3.05) is 0 Å². The Morgan fingerprint density at radius 3 is 2.92 bits per heavy atom. The second-order valence-corrected chi connectivity index (χ2v) is 3.53. The zero-order valence-electron chi connectivity index (χ0n) is 7.70. The molecule has 0 aromatic carbocycles. The van der Waals surface area contributed by atoms with E-state index >= 15 is 0 Å². The maximum absolute atomic E-state index is 5.70. The van der Waals surface area contributed by atoms with Gasteiger partial charge in [-0.2, -0.15) is 15.4 Å². The van der Waals surface area contributed by atoms with Crippen LogP contribution in [0.3, 0.4) is 0 Å². The van der Waals surface area contributed by atoms with Crippen molar-refractivity contribution in [3.63, 3.8) is 0 Å². The summed E-state index contributed by atoms with van der Waals surface area (Å²) in [4.78, 5) is 0. The lowest BCUT2D eigenvalue weighted by Crippen LogP contribution is -2.16. The number of nitrogens with one attached hydrogen (secondary N) is 1. The van der Waals surface area contributed by atoms with E-state index in [2.05, 4.69) is 15.4 Å². The fraction of sp³-hybridized carbons (Fsp3) is 0.778. The summed E-state index contributed by atoms with van der Waals surface area (Å²) in [5, 5.41) is 10.2. The summed E-state index contributed by atoms with van der Waals surface area (Å²) in [5.41, 5.74) is 0.894. The fourth-order valence-electron chi connectivity index (χ4n) is 1.73. The standard InChI is InChI=1S/C9H15N3O/c1-2-4-9(5-3-1)13-7-8-6-10-12-11-8/h6,9H,1-5,7H2,(H,10,11,12). The van der Waals surface area contributed by atoms with Crippen LogP contribution in [0.2, 0.25) is 0 Å². The maximum Gasteiger partial charge on any atom is 0.108 e. The zero-order chi connectivity index (χ0) is 8.93. The average Bonchev–Trinajstić information content (AvgIpc) is 2.69. The van der Waals surface area contributed by atoms with Crippen LogP contribution >= 0.6 is 0 Å². The summed E-state index contributed by atoms with van der Waals surface area (Å²) in [5.74, 6) is 0. The van der Waals surface area contributed by atoms with Crippen LogP contribution in [0.5, 0.6) is 0 Å². The highest BCUT2D eigenvalue weighted by Crippen LogP contribution is 2.20. The topological polar surface area (TPSA) is 50.8 Å². The van der Waals surface area contributed by atoms with E-state index < -0.39 is 0 Å². The Hall–Kier alpha value is -0.900. The molecular weight excluding hydrogens is 166 g/mol. The Kier molecular flexibility index (Phi) is 2.92. The number of H-pyrrole nitrogens is 1. The number of nitrogens with zero attached hydrogens (tertiary/aromatic N) is 2. The third-order valence-corrected chi connectivity index (χ3v) is 2.48. The normalized spacial score (nSPS) is 19.1. The highest BCUT2D eigenvalue weighted by atomic mass is 16.5. The van der Waals surface area contributed by atoms with Crippen molar-refractivity contribution in [2.45, 2.75) is 44.8 Å². The van der Waals surface area contributed by atoms with E-state index in [-0.39, 0.29) is 0 Å². The van der Waals surface area contributed by atoms with E-state index in [9.17, 15) is 0 Å². The lowest BCUT2D eigenvalue weighted by atomic mass is 9.98. The number of ether oxygens (including phenoxy) is 1. The Labute approximate surface area is 77.7 Å². The van der Waals surface area contributed by atoms with Gasteiger partial charge < -0.3 is 4.74 Å².